The summed E-state index contributed by atoms with van der Waals surface area (Å²) < 4.78 is 22.9. The molecule has 2 rings (SSSR count). The third-order valence-electron chi connectivity index (χ3n) is 18.2. The molecular weight excluding hydrogens is 1070 g/mol. The average molecular weight is 1210 g/mol. The van der Waals surface area contributed by atoms with Gasteiger partial charge in [0.05, 0.1) is 32.0 Å². The Morgan fingerprint density at radius 1 is 0.412 bits per heavy atom. The van der Waals surface area contributed by atoms with Crippen molar-refractivity contribution in [2.75, 3.05) is 19.8 Å². The molecule has 0 radical (unpaired) electrons. The Bertz CT molecular complexity index is 1470. The van der Waals surface area contributed by atoms with Crippen LogP contribution in [0.25, 0.3) is 0 Å². The van der Waals surface area contributed by atoms with Gasteiger partial charge in [0.2, 0.25) is 5.91 Å². The molecule has 12 unspecified atom stereocenters. The lowest BCUT2D eigenvalue weighted by atomic mass is 9.97. The molecule has 2 heterocycles. The van der Waals surface area contributed by atoms with E-state index < -0.39 is 86.8 Å². The van der Waals surface area contributed by atoms with Gasteiger partial charge in [-0.3, -0.25) is 4.79 Å². The van der Waals surface area contributed by atoms with E-state index >= 15 is 0 Å². The molecule has 2 aliphatic heterocycles. The number of ether oxygens (including phenoxy) is 4. The van der Waals surface area contributed by atoms with E-state index in [9.17, 15) is 45.6 Å². The monoisotopic (exact) mass is 1210 g/mol. The maximum absolute atomic E-state index is 13.3. The van der Waals surface area contributed by atoms with Crippen LogP contribution in [0, 0.1) is 0 Å². The van der Waals surface area contributed by atoms with Gasteiger partial charge in [-0.2, -0.15) is 0 Å². The van der Waals surface area contributed by atoms with Crippen molar-refractivity contribution in [1.29, 1.82) is 0 Å². The molecule has 2 aliphatic rings. The van der Waals surface area contributed by atoms with Gasteiger partial charge in [-0.1, -0.05) is 328 Å². The van der Waals surface area contributed by atoms with Crippen molar-refractivity contribution in [3.8, 4) is 0 Å². The topological polar surface area (TPSA) is 228 Å². The number of hydrogen-bond donors (Lipinski definition) is 9. The van der Waals surface area contributed by atoms with Crippen LogP contribution in [0.15, 0.2) is 12.2 Å². The first-order chi connectivity index (χ1) is 41.6. The van der Waals surface area contributed by atoms with Crippen molar-refractivity contribution in [2.45, 2.75) is 415 Å². The van der Waals surface area contributed by atoms with E-state index in [1.165, 1.54) is 276 Å². The Labute approximate surface area is 520 Å². The SMILES string of the molecule is CCCCCCCCCCCCCCCCCCC/C=C/C(O)C(COC1OC(CO)C(OC2OC(CO)C(O)C(O)C2O)C(O)C1O)NC(=O)CCCCCCCCCCCCCCCCCCCCCCCCCCCCCCCCCC. The molecule has 14 heteroatoms. The van der Waals surface area contributed by atoms with Crippen molar-refractivity contribution < 1.29 is 64.6 Å². The second-order valence-corrected chi connectivity index (χ2v) is 26.1. The fourth-order valence-electron chi connectivity index (χ4n) is 12.4. The van der Waals surface area contributed by atoms with Crippen LogP contribution in [-0.2, 0) is 23.7 Å². The number of allylic oxidation sites excluding steroid dienone is 1. The molecule has 12 atom stereocenters. The van der Waals surface area contributed by atoms with Gasteiger partial charge in [-0.25, -0.2) is 0 Å². The first-order valence-electron chi connectivity index (χ1n) is 36.4. The van der Waals surface area contributed by atoms with Crippen molar-refractivity contribution in [3.05, 3.63) is 12.2 Å². The molecule has 0 aromatic carbocycles. The van der Waals surface area contributed by atoms with E-state index in [1.54, 1.807) is 6.08 Å². The summed E-state index contributed by atoms with van der Waals surface area (Å²) in [5.41, 5.74) is 0. The zero-order chi connectivity index (χ0) is 61.6. The van der Waals surface area contributed by atoms with Gasteiger partial charge in [-0.15, -0.1) is 0 Å². The molecule has 1 amide bonds. The summed E-state index contributed by atoms with van der Waals surface area (Å²) in [4.78, 5) is 13.3. The van der Waals surface area contributed by atoms with Crippen LogP contribution in [0.4, 0.5) is 0 Å². The van der Waals surface area contributed by atoms with E-state index in [0.717, 1.165) is 44.9 Å². The number of hydrogen-bond acceptors (Lipinski definition) is 13. The highest BCUT2D eigenvalue weighted by Crippen LogP contribution is 2.30. The Morgan fingerprint density at radius 3 is 1.08 bits per heavy atom. The Hall–Kier alpha value is -1.27. The predicted octanol–water partition coefficient (Wildman–Crippen LogP) is 15.0. The largest absolute Gasteiger partial charge is 0.394 e. The quantitative estimate of drug-likeness (QED) is 0.0204. The normalized spacial score (nSPS) is 23.5. The van der Waals surface area contributed by atoms with Crippen LogP contribution < -0.4 is 5.32 Å². The van der Waals surface area contributed by atoms with Crippen molar-refractivity contribution in [3.63, 3.8) is 0 Å². The fraction of sp³-hybridized carbons (Fsp3) is 0.958. The molecule has 504 valence electrons. The molecule has 85 heavy (non-hydrogen) atoms. The van der Waals surface area contributed by atoms with Gasteiger partial charge in [0.25, 0.3) is 0 Å². The Kier molecular flexibility index (Phi) is 53.2. The number of amides is 1. The summed E-state index contributed by atoms with van der Waals surface area (Å²) in [6.07, 6.45) is 52.8. The van der Waals surface area contributed by atoms with E-state index in [0.29, 0.717) is 0 Å². The predicted molar refractivity (Wildman–Crippen MR) is 346 cm³/mol. The molecule has 0 bridgehead atoms. The first kappa shape index (κ1) is 79.8. The number of unbranched alkanes of at least 4 members (excludes halogenated alkanes) is 48. The molecule has 0 aromatic rings. The smallest absolute Gasteiger partial charge is 0.220 e. The van der Waals surface area contributed by atoms with E-state index in [-0.39, 0.29) is 18.9 Å². The van der Waals surface area contributed by atoms with Crippen LogP contribution in [0.2, 0.25) is 0 Å². The van der Waals surface area contributed by atoms with Gasteiger partial charge in [0.15, 0.2) is 12.6 Å². The number of carbonyl (C=O) groups excluding carboxylic acids is 1. The van der Waals surface area contributed by atoms with Gasteiger partial charge < -0.3 is 65.1 Å². The van der Waals surface area contributed by atoms with Crippen LogP contribution >= 0.6 is 0 Å². The minimum Gasteiger partial charge on any atom is -0.394 e. The Balaban J connectivity index is 1.63. The van der Waals surface area contributed by atoms with E-state index in [1.807, 2.05) is 6.08 Å². The molecule has 14 nitrogen and oxygen atoms in total. The summed E-state index contributed by atoms with van der Waals surface area (Å²) in [6.45, 7) is 2.86. The summed E-state index contributed by atoms with van der Waals surface area (Å²) in [6, 6.07) is -0.911. The third kappa shape index (κ3) is 41.0. The number of aliphatic hydroxyl groups is 8. The molecule has 9 N–H and O–H groups in total. The summed E-state index contributed by atoms with van der Waals surface area (Å²) in [5.74, 6) is -0.230. The van der Waals surface area contributed by atoms with Crippen LogP contribution in [0.1, 0.15) is 341 Å². The van der Waals surface area contributed by atoms with Crippen molar-refractivity contribution in [2.24, 2.45) is 0 Å². The highest BCUT2D eigenvalue weighted by atomic mass is 16.7. The third-order valence-corrected chi connectivity index (χ3v) is 18.2. The maximum atomic E-state index is 13.3. The highest BCUT2D eigenvalue weighted by molar-refractivity contribution is 5.76. The number of aliphatic hydroxyl groups excluding tert-OH is 8. The lowest BCUT2D eigenvalue weighted by molar-refractivity contribution is -0.359. The van der Waals surface area contributed by atoms with Crippen molar-refractivity contribution in [1.82, 2.24) is 5.32 Å². The van der Waals surface area contributed by atoms with Gasteiger partial charge in [0.1, 0.15) is 48.8 Å². The first-order valence-corrected chi connectivity index (χ1v) is 36.4. The summed E-state index contributed by atoms with van der Waals surface area (Å²) in [5, 5.41) is 87.4. The number of rotatable bonds is 61. The summed E-state index contributed by atoms with van der Waals surface area (Å²) >= 11 is 0. The van der Waals surface area contributed by atoms with Crippen LogP contribution in [-0.4, -0.2) is 140 Å². The lowest BCUT2D eigenvalue weighted by Crippen LogP contribution is -2.65. The van der Waals surface area contributed by atoms with Crippen molar-refractivity contribution >= 4 is 5.91 Å². The number of nitrogens with one attached hydrogen (secondary N) is 1. The maximum Gasteiger partial charge on any atom is 0.220 e. The Morgan fingerprint density at radius 2 is 0.729 bits per heavy atom. The molecular formula is C71H137NO13. The minimum atomic E-state index is -1.79. The fourth-order valence-corrected chi connectivity index (χ4v) is 12.4. The highest BCUT2D eigenvalue weighted by Gasteiger charge is 2.51. The zero-order valence-electron chi connectivity index (χ0n) is 54.9. The minimum absolute atomic E-state index is 0.230. The summed E-state index contributed by atoms with van der Waals surface area (Å²) in [7, 11) is 0. The van der Waals surface area contributed by atoms with Gasteiger partial charge in [-0.05, 0) is 19.3 Å². The molecule has 0 aromatic heterocycles. The average Bonchev–Trinajstić information content (AvgIpc) is 3.70. The molecule has 0 saturated carbocycles. The lowest BCUT2D eigenvalue weighted by Gasteiger charge is -2.46. The zero-order valence-corrected chi connectivity index (χ0v) is 54.9. The second kappa shape index (κ2) is 56.7. The standard InChI is InChI=1S/C71H137NO13/c1-3-5-7-9-11-13-15-17-19-21-23-24-25-26-27-28-29-30-31-32-33-34-35-37-39-41-43-45-47-49-51-53-55-63(76)72-59(60(75)54-52-50-48-46-44-42-40-38-36-22-20-18-16-14-12-10-8-6-4-2)58-82-70-68(81)66(79)69(62(57-74)84-70)85-71-67(80)65(78)64(77)61(56-73)83-71/h52,54,59-62,64-71,73-75,77-81H,3-51,53,55-58H2,1-2H3,(H,72,76)/b54-52+. The van der Waals surface area contributed by atoms with Crippen LogP contribution in [0.5, 0.6) is 0 Å². The molecule has 0 aliphatic carbocycles. The molecule has 0 spiro atoms. The number of carbonyl (C=O) groups is 1. The van der Waals surface area contributed by atoms with Crippen LogP contribution in [0.3, 0.4) is 0 Å². The molecule has 2 saturated heterocycles. The van der Waals surface area contributed by atoms with E-state index in [2.05, 4.69) is 19.2 Å². The molecule has 2 fully saturated rings. The van der Waals surface area contributed by atoms with Gasteiger partial charge >= 0.3 is 0 Å². The van der Waals surface area contributed by atoms with Gasteiger partial charge in [0, 0.05) is 6.42 Å². The second-order valence-electron chi connectivity index (χ2n) is 26.1. The van der Waals surface area contributed by atoms with E-state index in [4.69, 9.17) is 18.9 Å².